The van der Waals surface area contributed by atoms with Crippen LogP contribution in [0, 0.1) is 13.8 Å². The summed E-state index contributed by atoms with van der Waals surface area (Å²) in [5.41, 5.74) is 4.36. The van der Waals surface area contributed by atoms with E-state index in [0.717, 1.165) is 27.3 Å². The van der Waals surface area contributed by atoms with Crippen molar-refractivity contribution >= 4 is 45.6 Å². The predicted molar refractivity (Wildman–Crippen MR) is 111 cm³/mol. The number of rotatable bonds is 7. The Labute approximate surface area is 166 Å². The highest BCUT2D eigenvalue weighted by atomic mass is 32.2. The number of carbonyl (C=O) groups is 1. The standard InChI is InChI=1S/C18H22N6OS2/c1-5-13-8-6-7-11(2)16(13)20-17-21-22-18(27-17)26-10-15(25)19-14-9-12(3)23-24(14)4/h6-9H,5,10H2,1-4H3,(H,19,25)(H,20,21). The van der Waals surface area contributed by atoms with Crippen LogP contribution in [-0.2, 0) is 18.3 Å². The minimum absolute atomic E-state index is 0.0973. The van der Waals surface area contributed by atoms with Crippen LogP contribution in [0.4, 0.5) is 16.6 Å². The minimum atomic E-state index is -0.0973. The fourth-order valence-electron chi connectivity index (χ4n) is 2.66. The number of aryl methyl sites for hydroxylation is 4. The van der Waals surface area contributed by atoms with Gasteiger partial charge in [-0.3, -0.25) is 9.48 Å². The van der Waals surface area contributed by atoms with Crippen molar-refractivity contribution in [2.75, 3.05) is 16.4 Å². The number of aromatic nitrogens is 4. The molecule has 0 saturated heterocycles. The van der Waals surface area contributed by atoms with Gasteiger partial charge >= 0.3 is 0 Å². The Kier molecular flexibility index (Phi) is 6.12. The molecule has 142 valence electrons. The summed E-state index contributed by atoms with van der Waals surface area (Å²) in [6, 6.07) is 8.07. The van der Waals surface area contributed by atoms with Gasteiger partial charge < -0.3 is 10.6 Å². The van der Waals surface area contributed by atoms with E-state index in [1.54, 1.807) is 11.7 Å². The molecule has 0 fully saturated rings. The third kappa shape index (κ3) is 4.86. The fourth-order valence-corrected chi connectivity index (χ4v) is 4.22. The Hall–Kier alpha value is -2.39. The van der Waals surface area contributed by atoms with Gasteiger partial charge in [0.05, 0.1) is 11.4 Å². The molecule has 2 heterocycles. The topological polar surface area (TPSA) is 84.7 Å². The fraction of sp³-hybridized carbons (Fsp3) is 0.333. The van der Waals surface area contributed by atoms with E-state index in [0.29, 0.717) is 5.82 Å². The quantitative estimate of drug-likeness (QED) is 0.583. The van der Waals surface area contributed by atoms with Crippen molar-refractivity contribution in [3.8, 4) is 0 Å². The van der Waals surface area contributed by atoms with Crippen molar-refractivity contribution in [1.82, 2.24) is 20.0 Å². The zero-order chi connectivity index (χ0) is 19.4. The molecule has 0 radical (unpaired) electrons. The molecule has 0 spiro atoms. The minimum Gasteiger partial charge on any atom is -0.330 e. The second kappa shape index (κ2) is 8.53. The van der Waals surface area contributed by atoms with Gasteiger partial charge in [0.25, 0.3) is 0 Å². The van der Waals surface area contributed by atoms with Crippen LogP contribution >= 0.6 is 23.1 Å². The van der Waals surface area contributed by atoms with Crippen LogP contribution in [0.15, 0.2) is 28.6 Å². The Balaban J connectivity index is 1.58. The van der Waals surface area contributed by atoms with E-state index >= 15 is 0 Å². The Morgan fingerprint density at radius 1 is 1.30 bits per heavy atom. The Morgan fingerprint density at radius 2 is 2.11 bits per heavy atom. The van der Waals surface area contributed by atoms with E-state index in [9.17, 15) is 4.79 Å². The number of benzene rings is 1. The molecule has 2 aromatic heterocycles. The first kappa shape index (κ1) is 19.4. The molecule has 0 aliphatic rings. The molecular weight excluding hydrogens is 380 g/mol. The molecule has 0 aliphatic carbocycles. The van der Waals surface area contributed by atoms with Crippen molar-refractivity contribution in [2.24, 2.45) is 7.05 Å². The zero-order valence-electron chi connectivity index (χ0n) is 15.7. The molecule has 0 saturated carbocycles. The summed E-state index contributed by atoms with van der Waals surface area (Å²) >= 11 is 2.81. The second-order valence-corrected chi connectivity index (χ2v) is 8.29. The lowest BCUT2D eigenvalue weighted by atomic mass is 10.1. The molecule has 7 nitrogen and oxygen atoms in total. The summed E-state index contributed by atoms with van der Waals surface area (Å²) in [4.78, 5) is 12.1. The number of thioether (sulfide) groups is 1. The number of para-hydroxylation sites is 1. The number of nitrogens with zero attached hydrogens (tertiary/aromatic N) is 4. The van der Waals surface area contributed by atoms with Crippen LogP contribution in [0.5, 0.6) is 0 Å². The van der Waals surface area contributed by atoms with Gasteiger partial charge in [-0.2, -0.15) is 5.10 Å². The molecule has 1 aromatic carbocycles. The lowest BCUT2D eigenvalue weighted by Gasteiger charge is -2.11. The number of hydrogen-bond donors (Lipinski definition) is 2. The van der Waals surface area contributed by atoms with E-state index in [4.69, 9.17) is 0 Å². The average molecular weight is 403 g/mol. The summed E-state index contributed by atoms with van der Waals surface area (Å²) in [6.07, 6.45) is 0.943. The van der Waals surface area contributed by atoms with Crippen LogP contribution in [-0.4, -0.2) is 31.6 Å². The third-order valence-corrected chi connectivity index (χ3v) is 5.95. The maximum Gasteiger partial charge on any atom is 0.235 e. The number of carbonyl (C=O) groups excluding carboxylic acids is 1. The van der Waals surface area contributed by atoms with E-state index in [2.05, 4.69) is 58.0 Å². The highest BCUT2D eigenvalue weighted by Gasteiger charge is 2.12. The first-order valence-electron chi connectivity index (χ1n) is 8.58. The molecule has 9 heteroatoms. The van der Waals surface area contributed by atoms with Crippen molar-refractivity contribution in [3.63, 3.8) is 0 Å². The maximum atomic E-state index is 12.1. The third-order valence-electron chi connectivity index (χ3n) is 3.97. The zero-order valence-corrected chi connectivity index (χ0v) is 17.4. The first-order valence-corrected chi connectivity index (χ1v) is 10.4. The van der Waals surface area contributed by atoms with Crippen LogP contribution < -0.4 is 10.6 Å². The maximum absolute atomic E-state index is 12.1. The largest absolute Gasteiger partial charge is 0.330 e. The molecule has 1 amide bonds. The van der Waals surface area contributed by atoms with E-state index in [1.807, 2.05) is 13.0 Å². The van der Waals surface area contributed by atoms with Crippen molar-refractivity contribution in [2.45, 2.75) is 31.5 Å². The first-order chi connectivity index (χ1) is 13.0. The van der Waals surface area contributed by atoms with Gasteiger partial charge in [-0.1, -0.05) is 48.2 Å². The molecule has 0 bridgehead atoms. The lowest BCUT2D eigenvalue weighted by molar-refractivity contribution is -0.113. The van der Waals surface area contributed by atoms with Gasteiger partial charge in [0.1, 0.15) is 5.82 Å². The number of nitrogens with one attached hydrogen (secondary N) is 2. The molecule has 0 atom stereocenters. The van der Waals surface area contributed by atoms with Crippen molar-refractivity contribution in [1.29, 1.82) is 0 Å². The van der Waals surface area contributed by atoms with Gasteiger partial charge in [0.2, 0.25) is 11.0 Å². The Morgan fingerprint density at radius 3 is 2.81 bits per heavy atom. The number of amides is 1. The number of hydrogen-bond acceptors (Lipinski definition) is 7. The normalized spacial score (nSPS) is 10.8. The average Bonchev–Trinajstić information content (AvgIpc) is 3.21. The molecule has 3 rings (SSSR count). The summed E-state index contributed by atoms with van der Waals surface area (Å²) in [5.74, 6) is 0.855. The molecule has 3 aromatic rings. The summed E-state index contributed by atoms with van der Waals surface area (Å²) in [6.45, 7) is 6.09. The summed E-state index contributed by atoms with van der Waals surface area (Å²) in [7, 11) is 1.80. The summed E-state index contributed by atoms with van der Waals surface area (Å²) < 4.78 is 2.40. The van der Waals surface area contributed by atoms with E-state index in [-0.39, 0.29) is 11.7 Å². The van der Waals surface area contributed by atoms with E-state index in [1.165, 1.54) is 34.2 Å². The second-order valence-electron chi connectivity index (χ2n) is 6.09. The molecule has 2 N–H and O–H groups in total. The van der Waals surface area contributed by atoms with Crippen LogP contribution in [0.1, 0.15) is 23.7 Å². The van der Waals surface area contributed by atoms with E-state index < -0.39 is 0 Å². The smallest absolute Gasteiger partial charge is 0.235 e. The monoisotopic (exact) mass is 402 g/mol. The van der Waals surface area contributed by atoms with Crippen LogP contribution in [0.25, 0.3) is 0 Å². The molecule has 27 heavy (non-hydrogen) atoms. The Bertz CT molecular complexity index is 949. The predicted octanol–water partition coefficient (Wildman–Crippen LogP) is 3.93. The van der Waals surface area contributed by atoms with Crippen molar-refractivity contribution < 1.29 is 4.79 Å². The van der Waals surface area contributed by atoms with Gasteiger partial charge in [-0.25, -0.2) is 0 Å². The van der Waals surface area contributed by atoms with Gasteiger partial charge in [-0.15, -0.1) is 10.2 Å². The van der Waals surface area contributed by atoms with Gasteiger partial charge in [0.15, 0.2) is 4.34 Å². The van der Waals surface area contributed by atoms with Gasteiger partial charge in [0, 0.05) is 18.8 Å². The van der Waals surface area contributed by atoms with Crippen molar-refractivity contribution in [3.05, 3.63) is 41.1 Å². The number of anilines is 3. The molecule has 0 unspecified atom stereocenters. The highest BCUT2D eigenvalue weighted by Crippen LogP contribution is 2.30. The highest BCUT2D eigenvalue weighted by molar-refractivity contribution is 8.01. The molecular formula is C18H22N6OS2. The van der Waals surface area contributed by atoms with Gasteiger partial charge in [-0.05, 0) is 31.4 Å². The summed E-state index contributed by atoms with van der Waals surface area (Å²) in [5, 5.41) is 19.5. The van der Waals surface area contributed by atoms with Crippen LogP contribution in [0.3, 0.4) is 0 Å². The van der Waals surface area contributed by atoms with Crippen LogP contribution in [0.2, 0.25) is 0 Å². The molecule has 0 aliphatic heterocycles. The SMILES string of the molecule is CCc1cccc(C)c1Nc1nnc(SCC(=O)Nc2cc(C)nn2C)s1. The lowest BCUT2D eigenvalue weighted by Crippen LogP contribution is -2.16.